The second-order valence-electron chi connectivity index (χ2n) is 10.2. The number of hydrogen-bond donors (Lipinski definition) is 3. The van der Waals surface area contributed by atoms with Crippen molar-refractivity contribution < 1.29 is 19.6 Å². The Balaban J connectivity index is 0.000000794. The van der Waals surface area contributed by atoms with Crippen molar-refractivity contribution in [2.24, 2.45) is 0 Å². The van der Waals surface area contributed by atoms with Crippen LogP contribution in [0.1, 0.15) is 44.4 Å². The first-order valence-electron chi connectivity index (χ1n) is 13.0. The van der Waals surface area contributed by atoms with Gasteiger partial charge in [-0.05, 0) is 61.7 Å². The van der Waals surface area contributed by atoms with Crippen LogP contribution in [0.3, 0.4) is 0 Å². The number of carbonyl (C=O) groups excluding carboxylic acids is 1. The molecule has 0 fully saturated rings. The van der Waals surface area contributed by atoms with Crippen LogP contribution in [-0.2, 0) is 15.0 Å². The molecule has 5 aromatic rings. The number of fused-ring (bicyclic) bond motifs is 3. The van der Waals surface area contributed by atoms with Crippen molar-refractivity contribution in [3.63, 3.8) is 0 Å². The van der Waals surface area contributed by atoms with Crippen molar-refractivity contribution in [1.29, 1.82) is 0 Å². The van der Waals surface area contributed by atoms with Crippen LogP contribution >= 0.6 is 0 Å². The molecular weight excluding hydrogens is 524 g/mol. The number of nitrogens with one attached hydrogen (secondary N) is 2. The Morgan fingerprint density at radius 3 is 2.49 bits per heavy atom. The molecule has 0 radical (unpaired) electrons. The number of hydrogen-bond acceptors (Lipinski definition) is 6. The van der Waals surface area contributed by atoms with Crippen LogP contribution in [0.25, 0.3) is 45.6 Å². The van der Waals surface area contributed by atoms with Crippen LogP contribution in [0.15, 0.2) is 54.6 Å². The van der Waals surface area contributed by atoms with Gasteiger partial charge in [0.2, 0.25) is 5.91 Å². The number of amides is 1. The highest BCUT2D eigenvalue weighted by Crippen LogP contribution is 2.43. The van der Waals surface area contributed by atoms with E-state index in [9.17, 15) is 14.9 Å². The lowest BCUT2D eigenvalue weighted by Gasteiger charge is -2.18. The van der Waals surface area contributed by atoms with Gasteiger partial charge in [0.25, 0.3) is 11.7 Å². The molecule has 11 heteroatoms. The average Bonchev–Trinajstić information content (AvgIpc) is 3.59. The molecule has 208 valence electrons. The second-order valence-corrected chi connectivity index (χ2v) is 10.2. The summed E-state index contributed by atoms with van der Waals surface area (Å²) in [4.78, 5) is 42.5. The number of carboxylic acids is 1. The molecular formula is C30H28N6O5. The number of carboxylic acid groups (broad SMARTS) is 1. The number of aromatic amines is 2. The molecule has 0 saturated heterocycles. The standard InChI is InChI=1S/C28H24N6O3.C2H4O2/c1-4-33-24-15-23-22(14-20(24)28(2,3)27(33)35)29-26(30-23)25-19-11-10-17(13-21(19)31-32-25)9-8-16-6-5-7-18(12-16)34(36)37;1-2(3)4/h5-15H,4H2,1-3H3,(H,29,30)(H,31,32);1H3,(H,3,4)/b9-8+;. The fourth-order valence-electron chi connectivity index (χ4n) is 5.01. The summed E-state index contributed by atoms with van der Waals surface area (Å²) < 4.78 is 0. The Kier molecular flexibility index (Phi) is 6.87. The summed E-state index contributed by atoms with van der Waals surface area (Å²) in [6, 6.07) is 16.4. The third-order valence-corrected chi connectivity index (χ3v) is 7.02. The van der Waals surface area contributed by atoms with Crippen LogP contribution in [0.5, 0.6) is 0 Å². The maximum absolute atomic E-state index is 12.9. The fraction of sp³-hybridized carbons (Fsp3) is 0.200. The van der Waals surface area contributed by atoms with Crippen LogP contribution in [0.2, 0.25) is 0 Å². The number of nitrogens with zero attached hydrogens (tertiary/aromatic N) is 4. The Labute approximate surface area is 234 Å². The van der Waals surface area contributed by atoms with Gasteiger partial charge in [-0.2, -0.15) is 5.10 Å². The number of non-ortho nitro benzene ring substituents is 1. The summed E-state index contributed by atoms with van der Waals surface area (Å²) in [5.41, 5.74) is 6.27. The Morgan fingerprint density at radius 1 is 1.10 bits per heavy atom. The summed E-state index contributed by atoms with van der Waals surface area (Å²) in [6.07, 6.45) is 3.75. The number of anilines is 1. The first kappa shape index (κ1) is 27.3. The molecule has 41 heavy (non-hydrogen) atoms. The number of nitro benzene ring substituents is 1. The van der Waals surface area contributed by atoms with E-state index in [1.54, 1.807) is 6.07 Å². The molecule has 1 amide bonds. The molecule has 1 aliphatic rings. The van der Waals surface area contributed by atoms with Crippen molar-refractivity contribution in [1.82, 2.24) is 20.2 Å². The van der Waals surface area contributed by atoms with Crippen LogP contribution in [0, 0.1) is 10.1 Å². The lowest BCUT2D eigenvalue weighted by molar-refractivity contribution is -0.384. The monoisotopic (exact) mass is 552 g/mol. The number of H-pyrrole nitrogens is 2. The quantitative estimate of drug-likeness (QED) is 0.139. The van der Waals surface area contributed by atoms with Crippen LogP contribution in [0.4, 0.5) is 11.4 Å². The van der Waals surface area contributed by atoms with Gasteiger partial charge < -0.3 is 15.0 Å². The minimum Gasteiger partial charge on any atom is -0.481 e. The Morgan fingerprint density at radius 2 is 1.80 bits per heavy atom. The molecule has 0 bridgehead atoms. The normalized spacial score (nSPS) is 14.0. The molecule has 0 spiro atoms. The van der Waals surface area contributed by atoms with Gasteiger partial charge in [0.05, 0.1) is 32.6 Å². The van der Waals surface area contributed by atoms with Crippen molar-refractivity contribution in [3.8, 4) is 11.5 Å². The molecule has 0 atom stereocenters. The zero-order valence-corrected chi connectivity index (χ0v) is 22.9. The Hall–Kier alpha value is -5.32. The van der Waals surface area contributed by atoms with Gasteiger partial charge in [-0.3, -0.25) is 24.8 Å². The molecule has 0 saturated carbocycles. The number of carbonyl (C=O) groups is 2. The Bertz CT molecular complexity index is 1860. The zero-order valence-electron chi connectivity index (χ0n) is 22.9. The topological polar surface area (TPSA) is 158 Å². The molecule has 6 rings (SSSR count). The predicted molar refractivity (Wildman–Crippen MR) is 158 cm³/mol. The highest BCUT2D eigenvalue weighted by atomic mass is 16.6. The number of benzene rings is 3. The van der Waals surface area contributed by atoms with Gasteiger partial charge in [-0.1, -0.05) is 30.4 Å². The van der Waals surface area contributed by atoms with E-state index >= 15 is 0 Å². The van der Waals surface area contributed by atoms with Gasteiger partial charge in [0, 0.05) is 31.0 Å². The summed E-state index contributed by atoms with van der Waals surface area (Å²) in [5, 5.41) is 27.0. The lowest BCUT2D eigenvalue weighted by Crippen LogP contribution is -2.35. The second kappa shape index (κ2) is 10.3. The number of rotatable bonds is 5. The number of imidazole rings is 1. The van der Waals surface area contributed by atoms with Gasteiger partial charge in [0.15, 0.2) is 5.82 Å². The maximum atomic E-state index is 12.9. The van der Waals surface area contributed by atoms with E-state index in [0.717, 1.165) is 51.2 Å². The lowest BCUT2D eigenvalue weighted by atomic mass is 9.86. The molecule has 3 N–H and O–H groups in total. The summed E-state index contributed by atoms with van der Waals surface area (Å²) >= 11 is 0. The summed E-state index contributed by atoms with van der Waals surface area (Å²) in [7, 11) is 0. The van der Waals surface area contributed by atoms with E-state index in [0.29, 0.717) is 18.1 Å². The highest BCUT2D eigenvalue weighted by Gasteiger charge is 2.43. The van der Waals surface area contributed by atoms with E-state index in [1.165, 1.54) is 12.1 Å². The molecule has 1 aliphatic heterocycles. The van der Waals surface area contributed by atoms with Gasteiger partial charge in [0.1, 0.15) is 5.69 Å². The third kappa shape index (κ3) is 5.05. The van der Waals surface area contributed by atoms with Crippen molar-refractivity contribution in [2.45, 2.75) is 33.1 Å². The highest BCUT2D eigenvalue weighted by molar-refractivity contribution is 6.09. The van der Waals surface area contributed by atoms with Gasteiger partial charge >= 0.3 is 0 Å². The van der Waals surface area contributed by atoms with E-state index in [2.05, 4.69) is 15.2 Å². The predicted octanol–water partition coefficient (Wildman–Crippen LogP) is 5.92. The first-order valence-corrected chi connectivity index (χ1v) is 13.0. The molecule has 3 aromatic carbocycles. The largest absolute Gasteiger partial charge is 0.481 e. The zero-order chi connectivity index (χ0) is 29.5. The first-order chi connectivity index (χ1) is 19.5. The summed E-state index contributed by atoms with van der Waals surface area (Å²) in [5.74, 6) is -0.0801. The SMILES string of the molecule is CC(=O)O.CCN1C(=O)C(C)(C)c2cc3[nH]c(-c4n[nH]c5cc(/C=C/c6cccc([N+](=O)[O-])c6)ccc45)nc3cc21. The third-order valence-electron chi connectivity index (χ3n) is 7.02. The molecule has 2 aromatic heterocycles. The smallest absolute Gasteiger partial charge is 0.300 e. The number of likely N-dealkylation sites (N-methyl/N-ethyl adjacent to an activating group) is 1. The van der Waals surface area contributed by atoms with Crippen molar-refractivity contribution >= 4 is 57.3 Å². The molecule has 11 nitrogen and oxygen atoms in total. The van der Waals surface area contributed by atoms with E-state index in [1.807, 2.05) is 74.2 Å². The van der Waals surface area contributed by atoms with Crippen molar-refractivity contribution in [3.05, 3.63) is 81.4 Å². The molecule has 0 unspecified atom stereocenters. The number of nitro groups is 1. The fourth-order valence-corrected chi connectivity index (χ4v) is 5.01. The minimum absolute atomic E-state index is 0.0597. The van der Waals surface area contributed by atoms with Crippen LogP contribution < -0.4 is 4.90 Å². The van der Waals surface area contributed by atoms with Gasteiger partial charge in [-0.15, -0.1) is 0 Å². The summed E-state index contributed by atoms with van der Waals surface area (Å²) in [6.45, 7) is 7.59. The number of aliphatic carboxylic acids is 1. The van der Waals surface area contributed by atoms with E-state index in [-0.39, 0.29) is 11.6 Å². The maximum Gasteiger partial charge on any atom is 0.300 e. The van der Waals surface area contributed by atoms with Crippen LogP contribution in [-0.4, -0.2) is 48.6 Å². The minimum atomic E-state index is -0.833. The van der Waals surface area contributed by atoms with E-state index < -0.39 is 16.3 Å². The average molecular weight is 553 g/mol. The molecule has 3 heterocycles. The number of aromatic nitrogens is 4. The van der Waals surface area contributed by atoms with Gasteiger partial charge in [-0.25, -0.2) is 4.98 Å². The van der Waals surface area contributed by atoms with E-state index in [4.69, 9.17) is 14.9 Å². The molecule has 0 aliphatic carbocycles. The van der Waals surface area contributed by atoms with Crippen molar-refractivity contribution in [2.75, 3.05) is 11.4 Å².